The van der Waals surface area contributed by atoms with Crippen molar-refractivity contribution in [2.24, 2.45) is 0 Å². The van der Waals surface area contributed by atoms with Crippen LogP contribution < -0.4 is 4.90 Å². The van der Waals surface area contributed by atoms with Gasteiger partial charge in [-0.15, -0.1) is 0 Å². The number of hydrogen-bond acceptors (Lipinski definition) is 4. The van der Waals surface area contributed by atoms with E-state index in [1.807, 2.05) is 14.1 Å². The van der Waals surface area contributed by atoms with Crippen LogP contribution in [0.1, 0.15) is 10.4 Å². The molecule has 1 N–H and O–H groups in total. The summed E-state index contributed by atoms with van der Waals surface area (Å²) >= 11 is 5.78. The Morgan fingerprint density at radius 3 is 2.80 bits per heavy atom. The molecule has 0 aromatic carbocycles. The first kappa shape index (κ1) is 9.92. The molecule has 0 aliphatic carbocycles. The van der Waals surface area contributed by atoms with Crippen LogP contribution in [0.2, 0.25) is 5.28 Å². The topological polar surface area (TPSA) is 61.9 Å². The summed E-state index contributed by atoms with van der Waals surface area (Å²) in [5.74, 6) is 0.665. The second-order valence-corrected chi connectivity index (χ2v) is 3.63. The van der Waals surface area contributed by atoms with Crippen molar-refractivity contribution >= 4 is 34.7 Å². The van der Waals surface area contributed by atoms with E-state index in [9.17, 15) is 4.79 Å². The number of aldehydes is 1. The van der Waals surface area contributed by atoms with Crippen molar-refractivity contribution in [2.45, 2.75) is 0 Å². The molecule has 0 spiro atoms. The van der Waals surface area contributed by atoms with E-state index >= 15 is 0 Å². The summed E-state index contributed by atoms with van der Waals surface area (Å²) in [5.41, 5.74) is 1.75. The highest BCUT2D eigenvalue weighted by atomic mass is 35.5. The fourth-order valence-corrected chi connectivity index (χ4v) is 1.56. The summed E-state index contributed by atoms with van der Waals surface area (Å²) in [6.45, 7) is 0. The van der Waals surface area contributed by atoms with Gasteiger partial charge in [0.05, 0.1) is 5.56 Å². The van der Waals surface area contributed by atoms with Crippen LogP contribution >= 0.6 is 11.6 Å². The van der Waals surface area contributed by atoms with Gasteiger partial charge in [-0.25, -0.2) is 4.98 Å². The number of nitrogens with zero attached hydrogens (tertiary/aromatic N) is 3. The summed E-state index contributed by atoms with van der Waals surface area (Å²) in [6.07, 6.45) is 2.33. The van der Waals surface area contributed by atoms with Gasteiger partial charge in [0.1, 0.15) is 11.0 Å². The maximum Gasteiger partial charge on any atom is 0.225 e. The molecular formula is C9H9ClN4O. The maximum absolute atomic E-state index is 10.7. The molecular weight excluding hydrogens is 216 g/mol. The minimum Gasteiger partial charge on any atom is -0.361 e. The lowest BCUT2D eigenvalue weighted by Crippen LogP contribution is -2.11. The lowest BCUT2D eigenvalue weighted by Gasteiger charge is -2.11. The minimum absolute atomic E-state index is 0.133. The quantitative estimate of drug-likeness (QED) is 0.620. The molecule has 0 radical (unpaired) electrons. The van der Waals surface area contributed by atoms with E-state index in [4.69, 9.17) is 11.6 Å². The Morgan fingerprint density at radius 2 is 2.20 bits per heavy atom. The fraction of sp³-hybridized carbons (Fsp3) is 0.222. The molecule has 6 heteroatoms. The highest BCUT2D eigenvalue weighted by Crippen LogP contribution is 2.24. The number of nitrogens with one attached hydrogen (secondary N) is 1. The van der Waals surface area contributed by atoms with Crippen molar-refractivity contribution in [3.8, 4) is 0 Å². The summed E-state index contributed by atoms with van der Waals surface area (Å²) in [7, 11) is 3.69. The highest BCUT2D eigenvalue weighted by molar-refractivity contribution is 6.29. The van der Waals surface area contributed by atoms with Crippen molar-refractivity contribution in [1.29, 1.82) is 0 Å². The number of anilines is 1. The SMILES string of the molecule is CN(C)c1nc(Cl)nc2c(C=O)c[nH]c12. The van der Waals surface area contributed by atoms with Crippen LogP contribution in [0.5, 0.6) is 0 Å². The largest absolute Gasteiger partial charge is 0.361 e. The maximum atomic E-state index is 10.7. The Bertz CT molecular complexity index is 520. The Hall–Kier alpha value is -1.62. The molecule has 0 aliphatic heterocycles. The Balaban J connectivity index is 2.82. The first-order valence-electron chi connectivity index (χ1n) is 4.30. The van der Waals surface area contributed by atoms with Gasteiger partial charge >= 0.3 is 0 Å². The molecule has 5 nitrogen and oxygen atoms in total. The van der Waals surface area contributed by atoms with E-state index in [1.165, 1.54) is 0 Å². The Morgan fingerprint density at radius 1 is 1.47 bits per heavy atom. The zero-order valence-corrected chi connectivity index (χ0v) is 9.04. The highest BCUT2D eigenvalue weighted by Gasteiger charge is 2.12. The predicted molar refractivity (Wildman–Crippen MR) is 58.6 cm³/mol. The number of halogens is 1. The van der Waals surface area contributed by atoms with Gasteiger partial charge in [0.2, 0.25) is 5.28 Å². The second kappa shape index (κ2) is 3.51. The summed E-state index contributed by atoms with van der Waals surface area (Å²) < 4.78 is 0. The Labute approximate surface area is 91.1 Å². The molecule has 0 bridgehead atoms. The van der Waals surface area contributed by atoms with Gasteiger partial charge in [-0.1, -0.05) is 0 Å². The lowest BCUT2D eigenvalue weighted by molar-refractivity contribution is 0.112. The summed E-state index contributed by atoms with van der Waals surface area (Å²) in [4.78, 5) is 23.6. The van der Waals surface area contributed by atoms with E-state index in [1.54, 1.807) is 11.1 Å². The van der Waals surface area contributed by atoms with E-state index in [0.29, 0.717) is 22.4 Å². The van der Waals surface area contributed by atoms with Gasteiger partial charge in [0.25, 0.3) is 0 Å². The summed E-state index contributed by atoms with van der Waals surface area (Å²) in [6, 6.07) is 0. The monoisotopic (exact) mass is 224 g/mol. The van der Waals surface area contributed by atoms with Crippen molar-refractivity contribution in [3.63, 3.8) is 0 Å². The smallest absolute Gasteiger partial charge is 0.225 e. The van der Waals surface area contributed by atoms with Crippen LogP contribution in [0, 0.1) is 0 Å². The van der Waals surface area contributed by atoms with Crippen molar-refractivity contribution in [1.82, 2.24) is 15.0 Å². The van der Waals surface area contributed by atoms with E-state index in [2.05, 4.69) is 15.0 Å². The number of carbonyl (C=O) groups excluding carboxylic acids is 1. The van der Waals surface area contributed by atoms with Gasteiger partial charge in [-0.3, -0.25) is 4.79 Å². The van der Waals surface area contributed by atoms with Crippen LogP contribution in [0.4, 0.5) is 5.82 Å². The first-order valence-corrected chi connectivity index (χ1v) is 4.68. The van der Waals surface area contributed by atoms with Crippen LogP contribution in [-0.2, 0) is 0 Å². The van der Waals surface area contributed by atoms with E-state index < -0.39 is 0 Å². The molecule has 0 aliphatic rings. The zero-order chi connectivity index (χ0) is 11.0. The van der Waals surface area contributed by atoms with Gasteiger partial charge < -0.3 is 9.88 Å². The third-order valence-corrected chi connectivity index (χ3v) is 2.23. The van der Waals surface area contributed by atoms with Crippen LogP contribution in [0.25, 0.3) is 11.0 Å². The number of aromatic amines is 1. The van der Waals surface area contributed by atoms with E-state index in [0.717, 1.165) is 6.29 Å². The van der Waals surface area contributed by atoms with Gasteiger partial charge in [-0.05, 0) is 11.6 Å². The summed E-state index contributed by atoms with van der Waals surface area (Å²) in [5, 5.41) is 0.133. The molecule has 0 fully saturated rings. The average Bonchev–Trinajstić information content (AvgIpc) is 2.58. The number of aromatic nitrogens is 3. The molecule has 2 rings (SSSR count). The lowest BCUT2D eigenvalue weighted by atomic mass is 10.3. The third kappa shape index (κ3) is 1.55. The normalized spacial score (nSPS) is 10.6. The fourth-order valence-electron chi connectivity index (χ4n) is 1.40. The third-order valence-electron chi connectivity index (χ3n) is 2.06. The van der Waals surface area contributed by atoms with Crippen LogP contribution in [0.15, 0.2) is 6.20 Å². The number of H-pyrrole nitrogens is 1. The van der Waals surface area contributed by atoms with E-state index in [-0.39, 0.29) is 5.28 Å². The second-order valence-electron chi connectivity index (χ2n) is 3.30. The molecule has 0 unspecified atom stereocenters. The predicted octanol–water partition coefficient (Wildman–Crippen LogP) is 1.49. The molecule has 78 valence electrons. The molecule has 2 aromatic rings. The molecule has 2 aromatic heterocycles. The number of fused-ring (bicyclic) bond motifs is 1. The average molecular weight is 225 g/mol. The Kier molecular flexibility index (Phi) is 2.32. The number of hydrogen-bond donors (Lipinski definition) is 1. The zero-order valence-electron chi connectivity index (χ0n) is 8.28. The molecule has 0 saturated carbocycles. The minimum atomic E-state index is 0.133. The van der Waals surface area contributed by atoms with Crippen LogP contribution in [-0.4, -0.2) is 35.3 Å². The standard InChI is InChI=1S/C9H9ClN4O/c1-14(2)8-7-6(12-9(10)13-8)5(4-15)3-11-7/h3-4,11H,1-2H3. The number of rotatable bonds is 2. The molecule has 0 atom stereocenters. The van der Waals surface area contributed by atoms with Crippen molar-refractivity contribution in [2.75, 3.05) is 19.0 Å². The van der Waals surface area contributed by atoms with Crippen molar-refractivity contribution < 1.29 is 4.79 Å². The van der Waals surface area contributed by atoms with Gasteiger partial charge in [0, 0.05) is 20.3 Å². The molecule has 15 heavy (non-hydrogen) atoms. The molecule has 2 heterocycles. The molecule has 0 saturated heterocycles. The van der Waals surface area contributed by atoms with Gasteiger partial charge in [-0.2, -0.15) is 4.98 Å². The first-order chi connectivity index (χ1) is 7.13. The number of carbonyl (C=O) groups is 1. The van der Waals surface area contributed by atoms with Gasteiger partial charge in [0.15, 0.2) is 12.1 Å². The van der Waals surface area contributed by atoms with Crippen LogP contribution in [0.3, 0.4) is 0 Å². The van der Waals surface area contributed by atoms with Crippen molar-refractivity contribution in [3.05, 3.63) is 17.0 Å². The molecule has 0 amide bonds.